The van der Waals surface area contributed by atoms with Gasteiger partial charge in [-0.15, -0.1) is 0 Å². The minimum absolute atomic E-state index is 0.0148. The molecule has 0 saturated carbocycles. The summed E-state index contributed by atoms with van der Waals surface area (Å²) in [6, 6.07) is 5.13. The van der Waals surface area contributed by atoms with E-state index >= 15 is 0 Å². The second kappa shape index (κ2) is 10.0. The number of likely N-dealkylation sites (tertiary alicyclic amines) is 1. The molecule has 3 N–H and O–H groups in total. The SMILES string of the molecule is C=S(C)(=O)Nc1ccc2c(c1)P(=S)(OCC)NC(=C1C(=O)C(C(C)(C)C)N(CCC(C)(C)C)C1=S)N2. The first-order valence-electron chi connectivity index (χ1n) is 12.0. The molecule has 3 unspecified atom stereocenters. The van der Waals surface area contributed by atoms with Crippen LogP contribution in [0.5, 0.6) is 0 Å². The van der Waals surface area contributed by atoms with E-state index in [2.05, 4.69) is 67.4 Å². The fourth-order valence-corrected chi connectivity index (χ4v) is 8.36. The molecule has 0 amide bonds. The molecule has 11 heteroatoms. The van der Waals surface area contributed by atoms with Crippen molar-refractivity contribution in [1.82, 2.24) is 9.99 Å². The van der Waals surface area contributed by atoms with Crippen LogP contribution < -0.4 is 20.4 Å². The largest absolute Gasteiger partial charge is 0.351 e. The normalized spacial score (nSPS) is 26.2. The summed E-state index contributed by atoms with van der Waals surface area (Å²) in [7, 11) is -2.46. The molecule has 1 aromatic rings. The topological polar surface area (TPSA) is 82.7 Å². The fraction of sp³-hybridized carbons (Fsp3) is 0.560. The summed E-state index contributed by atoms with van der Waals surface area (Å²) in [6.07, 6.45) is -0.363. The van der Waals surface area contributed by atoms with E-state index in [0.717, 1.165) is 17.4 Å². The van der Waals surface area contributed by atoms with Crippen molar-refractivity contribution in [3.63, 3.8) is 0 Å². The zero-order valence-corrected chi connectivity index (χ0v) is 25.8. The maximum absolute atomic E-state index is 13.9. The van der Waals surface area contributed by atoms with E-state index in [-0.39, 0.29) is 22.7 Å². The Morgan fingerprint density at radius 1 is 1.25 bits per heavy atom. The molecule has 0 spiro atoms. The first-order valence-corrected chi connectivity index (χ1v) is 17.3. The molecule has 3 atom stereocenters. The molecule has 0 aromatic heterocycles. The number of fused-ring (bicyclic) bond motifs is 1. The summed E-state index contributed by atoms with van der Waals surface area (Å²) >= 11 is 12.0. The molecular weight excluding hydrogens is 531 g/mol. The van der Waals surface area contributed by atoms with Crippen molar-refractivity contribution >= 4 is 73.5 Å². The predicted molar refractivity (Wildman–Crippen MR) is 162 cm³/mol. The van der Waals surface area contributed by atoms with Crippen molar-refractivity contribution < 1.29 is 13.5 Å². The van der Waals surface area contributed by atoms with E-state index < -0.39 is 16.1 Å². The monoisotopic (exact) mass is 570 g/mol. The molecule has 7 nitrogen and oxygen atoms in total. The Kier molecular flexibility index (Phi) is 8.11. The number of ketones is 1. The highest BCUT2D eigenvalue weighted by molar-refractivity contribution is 8.15. The van der Waals surface area contributed by atoms with Gasteiger partial charge in [-0.2, -0.15) is 0 Å². The van der Waals surface area contributed by atoms with Gasteiger partial charge in [0.15, 0.2) is 12.2 Å². The highest BCUT2D eigenvalue weighted by Gasteiger charge is 2.49. The van der Waals surface area contributed by atoms with E-state index in [9.17, 15) is 9.00 Å². The van der Waals surface area contributed by atoms with Crippen molar-refractivity contribution in [1.29, 1.82) is 0 Å². The summed E-state index contributed by atoms with van der Waals surface area (Å²) < 4.78 is 21.2. The number of anilines is 2. The van der Waals surface area contributed by atoms with Gasteiger partial charge in [0, 0.05) is 28.2 Å². The molecular formula is C25H39N4O3PS3. The lowest BCUT2D eigenvalue weighted by molar-refractivity contribution is -0.120. The lowest BCUT2D eigenvalue weighted by Gasteiger charge is -2.35. The van der Waals surface area contributed by atoms with Crippen LogP contribution in [0.2, 0.25) is 0 Å². The van der Waals surface area contributed by atoms with Gasteiger partial charge in [-0.1, -0.05) is 53.8 Å². The maximum Gasteiger partial charge on any atom is 0.192 e. The fourth-order valence-electron chi connectivity index (χ4n) is 4.39. The van der Waals surface area contributed by atoms with E-state index in [0.29, 0.717) is 35.2 Å². The number of carbonyl (C=O) groups is 1. The van der Waals surface area contributed by atoms with Crippen molar-refractivity contribution in [2.75, 3.05) is 29.4 Å². The number of hydrogen-bond donors (Lipinski definition) is 3. The van der Waals surface area contributed by atoms with Gasteiger partial charge in [0.2, 0.25) is 0 Å². The molecule has 1 saturated heterocycles. The summed E-state index contributed by atoms with van der Waals surface area (Å²) in [6.45, 7) is 15.7. The van der Waals surface area contributed by atoms with Crippen LogP contribution in [0.3, 0.4) is 0 Å². The molecule has 3 rings (SSSR count). The number of nitrogens with one attached hydrogen (secondary N) is 3. The Morgan fingerprint density at radius 3 is 2.42 bits per heavy atom. The van der Waals surface area contributed by atoms with Crippen LogP contribution in [0.15, 0.2) is 29.6 Å². The maximum atomic E-state index is 13.9. The van der Waals surface area contributed by atoms with Crippen LogP contribution >= 0.6 is 18.6 Å². The third-order valence-corrected chi connectivity index (χ3v) is 10.4. The average molecular weight is 571 g/mol. The van der Waals surface area contributed by atoms with Crippen LogP contribution in [0, 0.1) is 10.8 Å². The lowest BCUT2D eigenvalue weighted by atomic mass is 9.83. The number of Topliss-reactive ketones (excluding diaryl/α,β-unsaturated/α-hetero) is 1. The highest BCUT2D eigenvalue weighted by Crippen LogP contribution is 2.49. The van der Waals surface area contributed by atoms with Crippen molar-refractivity contribution in [3.05, 3.63) is 29.6 Å². The lowest BCUT2D eigenvalue weighted by Crippen LogP contribution is -2.45. The van der Waals surface area contributed by atoms with E-state index in [1.807, 2.05) is 25.1 Å². The van der Waals surface area contributed by atoms with Gasteiger partial charge in [0.05, 0.1) is 29.2 Å². The Balaban J connectivity index is 2.11. The molecule has 2 heterocycles. The van der Waals surface area contributed by atoms with Gasteiger partial charge in [0.1, 0.15) is 10.8 Å². The number of hydrogen-bond acceptors (Lipinski definition) is 6. The zero-order chi connectivity index (χ0) is 27.3. The number of carbonyl (C=O) groups excluding carboxylic acids is 1. The molecule has 1 aromatic carbocycles. The Hall–Kier alpha value is -1.45. The molecule has 0 bridgehead atoms. The molecule has 0 radical (unpaired) electrons. The van der Waals surface area contributed by atoms with Gasteiger partial charge < -0.3 is 24.5 Å². The molecule has 2 aliphatic rings. The van der Waals surface area contributed by atoms with E-state index in [1.54, 1.807) is 0 Å². The molecule has 36 heavy (non-hydrogen) atoms. The smallest absolute Gasteiger partial charge is 0.192 e. The van der Waals surface area contributed by atoms with E-state index in [4.69, 9.17) is 28.5 Å². The molecule has 200 valence electrons. The molecule has 1 fully saturated rings. The van der Waals surface area contributed by atoms with Gasteiger partial charge in [0.25, 0.3) is 0 Å². The number of nitrogens with zero attached hydrogens (tertiary/aromatic N) is 1. The van der Waals surface area contributed by atoms with Gasteiger partial charge in [-0.25, -0.2) is 4.21 Å². The average Bonchev–Trinajstić information content (AvgIpc) is 2.95. The van der Waals surface area contributed by atoms with Crippen LogP contribution in [0.25, 0.3) is 0 Å². The van der Waals surface area contributed by atoms with Gasteiger partial charge in [-0.3, -0.25) is 4.79 Å². The van der Waals surface area contributed by atoms with Crippen molar-refractivity contribution in [2.24, 2.45) is 10.8 Å². The summed E-state index contributed by atoms with van der Waals surface area (Å²) in [5, 5.41) is 7.49. The van der Waals surface area contributed by atoms with Gasteiger partial charge >= 0.3 is 0 Å². The Bertz CT molecular complexity index is 1260. The summed E-state index contributed by atoms with van der Waals surface area (Å²) in [4.78, 5) is 16.5. The Labute approximate surface area is 227 Å². The third-order valence-electron chi connectivity index (χ3n) is 5.93. The second-order valence-electron chi connectivity index (χ2n) is 11.7. The molecule has 2 aliphatic heterocycles. The van der Waals surface area contributed by atoms with Crippen LogP contribution in [-0.4, -0.2) is 51.2 Å². The zero-order valence-electron chi connectivity index (χ0n) is 22.5. The first kappa shape index (κ1) is 29.1. The number of benzene rings is 1. The quantitative estimate of drug-likeness (QED) is 0.260. The third kappa shape index (κ3) is 6.33. The summed E-state index contributed by atoms with van der Waals surface area (Å²) in [5.74, 6) is 4.15. The molecule has 0 aliphatic carbocycles. The minimum Gasteiger partial charge on any atom is -0.351 e. The highest BCUT2D eigenvalue weighted by atomic mass is 32.4. The van der Waals surface area contributed by atoms with Crippen LogP contribution in [-0.2, 0) is 30.8 Å². The number of thiocarbonyl (C=S) groups is 1. The standard InChI is InChI=1S/C25H39N4O3PS3/c1-10-32-33(35)18-15-16(28-36(8,9)31)11-12-17(18)26-22(27-33)19-20(30)21(25(5,6)7)29(23(19)34)14-13-24(2,3)4/h11-12,15,21,26H,8,10,13-14H2,1-7,9H3,(H,27,35)(H,28,31). The first-order chi connectivity index (χ1) is 16.4. The van der Waals surface area contributed by atoms with Crippen molar-refractivity contribution in [3.8, 4) is 0 Å². The van der Waals surface area contributed by atoms with E-state index in [1.165, 1.54) is 6.26 Å². The van der Waals surface area contributed by atoms with Crippen molar-refractivity contribution in [2.45, 2.75) is 60.9 Å². The second-order valence-corrected chi connectivity index (χ2v) is 17.9. The Morgan fingerprint density at radius 2 is 1.89 bits per heavy atom. The predicted octanol–water partition coefficient (Wildman–Crippen LogP) is 4.62. The minimum atomic E-state index is -2.80. The van der Waals surface area contributed by atoms with Crippen LogP contribution in [0.1, 0.15) is 54.9 Å². The van der Waals surface area contributed by atoms with Crippen LogP contribution in [0.4, 0.5) is 11.4 Å². The van der Waals surface area contributed by atoms with Gasteiger partial charge in [-0.05, 0) is 60.1 Å². The summed E-state index contributed by atoms with van der Waals surface area (Å²) in [5.41, 5.74) is 1.63. The number of rotatable bonds is 6.